The first kappa shape index (κ1) is 14.3. The van der Waals surface area contributed by atoms with Gasteiger partial charge in [-0.3, -0.25) is 0 Å². The van der Waals surface area contributed by atoms with Crippen molar-refractivity contribution < 1.29 is 0 Å². The molecule has 1 aliphatic rings. The number of halogens is 1. The third kappa shape index (κ3) is 3.93. The Morgan fingerprint density at radius 2 is 1.84 bits per heavy atom. The predicted octanol–water partition coefficient (Wildman–Crippen LogP) is 3.19. The van der Waals surface area contributed by atoms with Crippen LogP contribution in [-0.4, -0.2) is 27.5 Å². The molecule has 0 amide bonds. The summed E-state index contributed by atoms with van der Waals surface area (Å²) >= 11 is 5.91. The van der Waals surface area contributed by atoms with Gasteiger partial charge in [-0.1, -0.05) is 13.8 Å². The molecule has 2 N–H and O–H groups in total. The van der Waals surface area contributed by atoms with E-state index in [1.807, 2.05) is 6.92 Å². The fourth-order valence-electron chi connectivity index (χ4n) is 2.51. The zero-order valence-corrected chi connectivity index (χ0v) is 12.5. The van der Waals surface area contributed by atoms with Crippen LogP contribution in [0.4, 0.5) is 11.9 Å². The highest BCUT2D eigenvalue weighted by Crippen LogP contribution is 2.30. The molecule has 1 aromatic rings. The van der Waals surface area contributed by atoms with Crippen molar-refractivity contribution in [1.29, 1.82) is 0 Å². The Balaban J connectivity index is 2.02. The molecule has 106 valence electrons. The third-order valence-corrected chi connectivity index (χ3v) is 4.04. The molecule has 1 fully saturated rings. The quantitative estimate of drug-likeness (QED) is 0.888. The molecule has 3 atom stereocenters. The predicted molar refractivity (Wildman–Crippen MR) is 78.6 cm³/mol. The van der Waals surface area contributed by atoms with Crippen molar-refractivity contribution in [3.05, 3.63) is 5.28 Å². The van der Waals surface area contributed by atoms with Crippen LogP contribution in [0, 0.1) is 11.8 Å². The number of hydrogen-bond acceptors (Lipinski definition) is 5. The number of nitrogens with one attached hydrogen (secondary N) is 2. The molecule has 5 nitrogen and oxygen atoms in total. The standard InChI is InChI=1S/C13H22ClN5/c1-4-15-12-17-11(14)18-13(19-12)16-10-6-5-8(2)9(3)7-10/h8-10H,4-7H2,1-3H3,(H2,15,16,17,18,19). The van der Waals surface area contributed by atoms with Gasteiger partial charge in [-0.25, -0.2) is 0 Å². The lowest BCUT2D eigenvalue weighted by Crippen LogP contribution is -2.31. The average Bonchev–Trinajstić information content (AvgIpc) is 2.33. The van der Waals surface area contributed by atoms with E-state index >= 15 is 0 Å². The minimum absolute atomic E-state index is 0.227. The number of aromatic nitrogens is 3. The summed E-state index contributed by atoms with van der Waals surface area (Å²) in [5.41, 5.74) is 0. The number of nitrogens with zero attached hydrogens (tertiary/aromatic N) is 3. The fraction of sp³-hybridized carbons (Fsp3) is 0.769. The molecule has 0 aromatic carbocycles. The first-order valence-electron chi connectivity index (χ1n) is 7.00. The van der Waals surface area contributed by atoms with Crippen molar-refractivity contribution >= 4 is 23.5 Å². The van der Waals surface area contributed by atoms with E-state index in [1.165, 1.54) is 6.42 Å². The molecule has 6 heteroatoms. The van der Waals surface area contributed by atoms with Gasteiger partial charge in [-0.2, -0.15) is 15.0 Å². The molecule has 1 heterocycles. The minimum atomic E-state index is 0.227. The van der Waals surface area contributed by atoms with E-state index in [9.17, 15) is 0 Å². The Morgan fingerprint density at radius 3 is 2.53 bits per heavy atom. The lowest BCUT2D eigenvalue weighted by Gasteiger charge is -2.32. The van der Waals surface area contributed by atoms with Gasteiger partial charge in [0.1, 0.15) is 0 Å². The van der Waals surface area contributed by atoms with Crippen molar-refractivity contribution in [2.24, 2.45) is 11.8 Å². The molecule has 1 aromatic heterocycles. The lowest BCUT2D eigenvalue weighted by molar-refractivity contribution is 0.260. The normalized spacial score (nSPS) is 27.1. The fourth-order valence-corrected chi connectivity index (χ4v) is 2.67. The van der Waals surface area contributed by atoms with Crippen LogP contribution >= 0.6 is 11.6 Å². The molecule has 0 spiro atoms. The smallest absolute Gasteiger partial charge is 0.229 e. The molecule has 2 rings (SSSR count). The second kappa shape index (κ2) is 6.37. The highest BCUT2D eigenvalue weighted by atomic mass is 35.5. The van der Waals surface area contributed by atoms with Crippen LogP contribution in [0.3, 0.4) is 0 Å². The van der Waals surface area contributed by atoms with Crippen LogP contribution in [0.5, 0.6) is 0 Å². The molecule has 1 saturated carbocycles. The van der Waals surface area contributed by atoms with Gasteiger partial charge >= 0.3 is 0 Å². The first-order chi connectivity index (χ1) is 9.08. The zero-order chi connectivity index (χ0) is 13.8. The minimum Gasteiger partial charge on any atom is -0.354 e. The molecule has 0 bridgehead atoms. The summed E-state index contributed by atoms with van der Waals surface area (Å²) in [5.74, 6) is 2.64. The second-order valence-corrected chi connectivity index (χ2v) is 5.73. The summed E-state index contributed by atoms with van der Waals surface area (Å²) in [5, 5.41) is 6.67. The molecule has 19 heavy (non-hydrogen) atoms. The maximum absolute atomic E-state index is 5.91. The largest absolute Gasteiger partial charge is 0.354 e. The summed E-state index contributed by atoms with van der Waals surface area (Å²) in [6.45, 7) is 7.39. The van der Waals surface area contributed by atoms with Crippen LogP contribution in [0.15, 0.2) is 0 Å². The van der Waals surface area contributed by atoms with Crippen molar-refractivity contribution in [1.82, 2.24) is 15.0 Å². The maximum Gasteiger partial charge on any atom is 0.229 e. The molecule has 1 aliphatic carbocycles. The summed E-state index contributed by atoms with van der Waals surface area (Å²) in [7, 11) is 0. The van der Waals surface area contributed by atoms with E-state index in [-0.39, 0.29) is 5.28 Å². The van der Waals surface area contributed by atoms with E-state index in [4.69, 9.17) is 11.6 Å². The summed E-state index contributed by atoms with van der Waals surface area (Å²) in [4.78, 5) is 12.5. The summed E-state index contributed by atoms with van der Waals surface area (Å²) < 4.78 is 0. The Morgan fingerprint density at radius 1 is 1.11 bits per heavy atom. The Labute approximate surface area is 119 Å². The third-order valence-electron chi connectivity index (χ3n) is 3.87. The van der Waals surface area contributed by atoms with Gasteiger partial charge in [0.25, 0.3) is 0 Å². The Kier molecular flexibility index (Phi) is 4.80. The van der Waals surface area contributed by atoms with Gasteiger partial charge in [0.15, 0.2) is 0 Å². The van der Waals surface area contributed by atoms with Crippen molar-refractivity contribution in [3.63, 3.8) is 0 Å². The first-order valence-corrected chi connectivity index (χ1v) is 7.38. The molecule has 3 unspecified atom stereocenters. The molecule has 0 aliphatic heterocycles. The van der Waals surface area contributed by atoms with Gasteiger partial charge in [0.05, 0.1) is 0 Å². The SMILES string of the molecule is CCNc1nc(Cl)nc(NC2CCC(C)C(C)C2)n1. The Bertz CT molecular complexity index is 425. The maximum atomic E-state index is 5.91. The van der Waals surface area contributed by atoms with E-state index in [0.717, 1.165) is 31.2 Å². The van der Waals surface area contributed by atoms with Crippen LogP contribution in [0.2, 0.25) is 5.28 Å². The molecular weight excluding hydrogens is 262 g/mol. The van der Waals surface area contributed by atoms with Gasteiger partial charge in [0.2, 0.25) is 17.2 Å². The van der Waals surface area contributed by atoms with Crippen LogP contribution in [-0.2, 0) is 0 Å². The topological polar surface area (TPSA) is 62.7 Å². The molecular formula is C13H22ClN5. The van der Waals surface area contributed by atoms with E-state index < -0.39 is 0 Å². The monoisotopic (exact) mass is 283 g/mol. The van der Waals surface area contributed by atoms with Crippen LogP contribution in [0.25, 0.3) is 0 Å². The zero-order valence-electron chi connectivity index (χ0n) is 11.8. The van der Waals surface area contributed by atoms with Gasteiger partial charge in [-0.15, -0.1) is 0 Å². The van der Waals surface area contributed by atoms with Gasteiger partial charge in [0, 0.05) is 12.6 Å². The van der Waals surface area contributed by atoms with Crippen molar-refractivity contribution in [3.8, 4) is 0 Å². The van der Waals surface area contributed by atoms with Gasteiger partial charge in [-0.05, 0) is 49.6 Å². The molecule has 0 radical (unpaired) electrons. The van der Waals surface area contributed by atoms with E-state index in [2.05, 4.69) is 39.4 Å². The second-order valence-electron chi connectivity index (χ2n) is 5.39. The van der Waals surface area contributed by atoms with Crippen molar-refractivity contribution in [2.45, 2.75) is 46.1 Å². The van der Waals surface area contributed by atoms with E-state index in [0.29, 0.717) is 17.9 Å². The van der Waals surface area contributed by atoms with E-state index in [1.54, 1.807) is 0 Å². The number of anilines is 2. The average molecular weight is 284 g/mol. The van der Waals surface area contributed by atoms with Gasteiger partial charge < -0.3 is 10.6 Å². The highest BCUT2D eigenvalue weighted by Gasteiger charge is 2.25. The highest BCUT2D eigenvalue weighted by molar-refractivity contribution is 6.28. The van der Waals surface area contributed by atoms with Crippen molar-refractivity contribution in [2.75, 3.05) is 17.2 Å². The lowest BCUT2D eigenvalue weighted by atomic mass is 9.79. The Hall–Kier alpha value is -1.10. The molecule has 0 saturated heterocycles. The number of hydrogen-bond donors (Lipinski definition) is 2. The van der Waals surface area contributed by atoms with Crippen LogP contribution < -0.4 is 10.6 Å². The number of rotatable bonds is 4. The summed E-state index contributed by atoms with van der Waals surface area (Å²) in [6.07, 6.45) is 3.56. The summed E-state index contributed by atoms with van der Waals surface area (Å²) in [6, 6.07) is 0.430. The van der Waals surface area contributed by atoms with Crippen LogP contribution in [0.1, 0.15) is 40.0 Å².